The first-order valence-corrected chi connectivity index (χ1v) is 9.41. The summed E-state index contributed by atoms with van der Waals surface area (Å²) in [7, 11) is 3.24. The molecular weight excluding hydrogens is 334 g/mol. The molecule has 0 spiro atoms. The first-order chi connectivity index (χ1) is 12.6. The van der Waals surface area contributed by atoms with Crippen LogP contribution in [0.1, 0.15) is 32.1 Å². The quantitative estimate of drug-likeness (QED) is 0.869. The maximum atomic E-state index is 12.8. The fraction of sp³-hybridized carbons (Fsp3) is 0.650. The average Bonchev–Trinajstić information content (AvgIpc) is 2.69. The van der Waals surface area contributed by atoms with Crippen molar-refractivity contribution in [2.24, 2.45) is 5.92 Å². The fourth-order valence-electron chi connectivity index (χ4n) is 3.94. The highest BCUT2D eigenvalue weighted by Crippen LogP contribution is 2.31. The summed E-state index contributed by atoms with van der Waals surface area (Å²) in [6.07, 6.45) is 3.00. The normalized spacial score (nSPS) is 27.2. The number of amides is 1. The maximum Gasteiger partial charge on any atom is 0.225 e. The number of aliphatic hydroxyl groups excluding tert-OH is 1. The molecule has 1 saturated heterocycles. The Balaban J connectivity index is 1.51. The summed E-state index contributed by atoms with van der Waals surface area (Å²) in [4.78, 5) is 14.8. The van der Waals surface area contributed by atoms with E-state index in [9.17, 15) is 9.90 Å². The van der Waals surface area contributed by atoms with Gasteiger partial charge in [-0.1, -0.05) is 12.1 Å². The molecule has 6 nitrogen and oxygen atoms in total. The summed E-state index contributed by atoms with van der Waals surface area (Å²) >= 11 is 0. The zero-order chi connectivity index (χ0) is 18.5. The minimum atomic E-state index is -0.455. The van der Waals surface area contributed by atoms with Crippen molar-refractivity contribution in [3.8, 4) is 11.5 Å². The number of nitrogens with zero attached hydrogens (tertiary/aromatic N) is 1. The van der Waals surface area contributed by atoms with E-state index in [1.807, 2.05) is 29.2 Å². The Bertz CT molecular complexity index is 600. The highest BCUT2D eigenvalue weighted by Gasteiger charge is 2.36. The summed E-state index contributed by atoms with van der Waals surface area (Å²) < 4.78 is 16.7. The van der Waals surface area contributed by atoms with Gasteiger partial charge < -0.3 is 24.2 Å². The molecule has 1 aliphatic heterocycles. The van der Waals surface area contributed by atoms with Crippen LogP contribution in [0, 0.1) is 5.92 Å². The Kier molecular flexibility index (Phi) is 6.38. The Labute approximate surface area is 155 Å². The van der Waals surface area contributed by atoms with Gasteiger partial charge in [-0.15, -0.1) is 0 Å². The van der Waals surface area contributed by atoms with Crippen LogP contribution in [0.25, 0.3) is 0 Å². The highest BCUT2D eigenvalue weighted by atomic mass is 16.5. The summed E-state index contributed by atoms with van der Waals surface area (Å²) in [6.45, 7) is 1.41. The molecule has 2 aliphatic rings. The molecule has 1 N–H and O–H groups in total. The number of methoxy groups -OCH3 is 2. The van der Waals surface area contributed by atoms with Gasteiger partial charge in [-0.2, -0.15) is 0 Å². The van der Waals surface area contributed by atoms with Gasteiger partial charge >= 0.3 is 0 Å². The van der Waals surface area contributed by atoms with Crippen molar-refractivity contribution in [1.29, 1.82) is 0 Å². The Hall–Kier alpha value is -1.79. The van der Waals surface area contributed by atoms with Crippen molar-refractivity contribution in [1.82, 2.24) is 4.90 Å². The Morgan fingerprint density at radius 3 is 2.42 bits per heavy atom. The van der Waals surface area contributed by atoms with Gasteiger partial charge in [0.05, 0.1) is 19.3 Å². The van der Waals surface area contributed by atoms with Crippen LogP contribution in [0.5, 0.6) is 11.5 Å². The van der Waals surface area contributed by atoms with Gasteiger partial charge in [-0.05, 0) is 31.4 Å². The lowest BCUT2D eigenvalue weighted by Crippen LogP contribution is -2.47. The van der Waals surface area contributed by atoms with Gasteiger partial charge in [-0.25, -0.2) is 0 Å². The number of benzene rings is 1. The molecule has 3 atom stereocenters. The fourth-order valence-corrected chi connectivity index (χ4v) is 3.94. The van der Waals surface area contributed by atoms with Crippen LogP contribution in [0.4, 0.5) is 0 Å². The Morgan fingerprint density at radius 1 is 1.08 bits per heavy atom. The number of ether oxygens (including phenoxy) is 3. The maximum absolute atomic E-state index is 12.8. The van der Waals surface area contributed by atoms with Crippen LogP contribution in [-0.4, -0.2) is 61.5 Å². The molecule has 1 aliphatic carbocycles. The summed E-state index contributed by atoms with van der Waals surface area (Å²) in [5.41, 5.74) is 0. The van der Waals surface area contributed by atoms with E-state index in [4.69, 9.17) is 14.2 Å². The molecule has 2 fully saturated rings. The van der Waals surface area contributed by atoms with Crippen molar-refractivity contribution >= 4 is 5.91 Å². The molecule has 0 bridgehead atoms. The Morgan fingerprint density at radius 2 is 1.77 bits per heavy atom. The second-order valence-electron chi connectivity index (χ2n) is 7.14. The van der Waals surface area contributed by atoms with E-state index in [0.29, 0.717) is 25.9 Å². The predicted molar refractivity (Wildman–Crippen MR) is 97.4 cm³/mol. The van der Waals surface area contributed by atoms with E-state index < -0.39 is 6.10 Å². The van der Waals surface area contributed by atoms with Crippen LogP contribution >= 0.6 is 0 Å². The first kappa shape index (κ1) is 19.0. The summed E-state index contributed by atoms with van der Waals surface area (Å²) in [6, 6.07) is 7.65. The van der Waals surface area contributed by atoms with Gasteiger partial charge in [0.1, 0.15) is 6.10 Å². The van der Waals surface area contributed by atoms with Crippen molar-refractivity contribution in [2.45, 2.75) is 50.4 Å². The van der Waals surface area contributed by atoms with E-state index in [-0.39, 0.29) is 24.0 Å². The molecule has 1 aromatic rings. The number of carbonyl (C=O) groups is 1. The molecule has 0 radical (unpaired) electrons. The lowest BCUT2D eigenvalue weighted by molar-refractivity contribution is -0.142. The zero-order valence-electron chi connectivity index (χ0n) is 15.6. The third-order valence-corrected chi connectivity index (χ3v) is 5.53. The molecular formula is C20H29NO5. The van der Waals surface area contributed by atoms with Crippen molar-refractivity contribution < 1.29 is 24.1 Å². The van der Waals surface area contributed by atoms with E-state index in [1.54, 1.807) is 14.2 Å². The molecule has 0 unspecified atom stereocenters. The second kappa shape index (κ2) is 8.73. The SMILES string of the molecule is COc1ccccc1OC1CCN(C(=O)[C@@H]2CC[C@H](O)[C@H](OC)C2)CC1. The van der Waals surface area contributed by atoms with Crippen LogP contribution in [-0.2, 0) is 9.53 Å². The molecule has 1 saturated carbocycles. The third-order valence-electron chi connectivity index (χ3n) is 5.53. The average molecular weight is 363 g/mol. The monoisotopic (exact) mass is 363 g/mol. The van der Waals surface area contributed by atoms with E-state index in [0.717, 1.165) is 30.8 Å². The van der Waals surface area contributed by atoms with E-state index in [2.05, 4.69) is 0 Å². The van der Waals surface area contributed by atoms with Crippen molar-refractivity contribution in [3.05, 3.63) is 24.3 Å². The largest absolute Gasteiger partial charge is 0.493 e. The molecule has 1 heterocycles. The van der Waals surface area contributed by atoms with Gasteiger partial charge in [0.2, 0.25) is 5.91 Å². The van der Waals surface area contributed by atoms with E-state index in [1.165, 1.54) is 0 Å². The molecule has 26 heavy (non-hydrogen) atoms. The van der Waals surface area contributed by atoms with Gasteiger partial charge in [0.15, 0.2) is 11.5 Å². The second-order valence-corrected chi connectivity index (χ2v) is 7.14. The van der Waals surface area contributed by atoms with Crippen LogP contribution < -0.4 is 9.47 Å². The number of piperidine rings is 1. The molecule has 1 aromatic carbocycles. The van der Waals surface area contributed by atoms with Gasteiger partial charge in [0, 0.05) is 39.0 Å². The number of para-hydroxylation sites is 2. The predicted octanol–water partition coefficient (Wildman–Crippen LogP) is 2.24. The number of aliphatic hydroxyl groups is 1. The topological polar surface area (TPSA) is 68.2 Å². The van der Waals surface area contributed by atoms with Gasteiger partial charge in [0.25, 0.3) is 0 Å². The lowest BCUT2D eigenvalue weighted by atomic mass is 9.84. The lowest BCUT2D eigenvalue weighted by Gasteiger charge is -2.37. The smallest absolute Gasteiger partial charge is 0.225 e. The molecule has 3 rings (SSSR count). The van der Waals surface area contributed by atoms with Crippen molar-refractivity contribution in [3.63, 3.8) is 0 Å². The first-order valence-electron chi connectivity index (χ1n) is 9.41. The number of hydrogen-bond donors (Lipinski definition) is 1. The van der Waals surface area contributed by atoms with Crippen LogP contribution in [0.15, 0.2) is 24.3 Å². The number of hydrogen-bond acceptors (Lipinski definition) is 5. The number of likely N-dealkylation sites (tertiary alicyclic amines) is 1. The minimum Gasteiger partial charge on any atom is -0.493 e. The van der Waals surface area contributed by atoms with Gasteiger partial charge in [-0.3, -0.25) is 4.79 Å². The molecule has 144 valence electrons. The molecule has 1 amide bonds. The molecule has 6 heteroatoms. The minimum absolute atomic E-state index is 0.0463. The third kappa shape index (κ3) is 4.30. The summed E-state index contributed by atoms with van der Waals surface area (Å²) in [5.74, 6) is 1.63. The highest BCUT2D eigenvalue weighted by molar-refractivity contribution is 5.79. The van der Waals surface area contributed by atoms with Crippen LogP contribution in [0.3, 0.4) is 0 Å². The zero-order valence-corrected chi connectivity index (χ0v) is 15.6. The van der Waals surface area contributed by atoms with Crippen molar-refractivity contribution in [2.75, 3.05) is 27.3 Å². The summed E-state index contributed by atoms with van der Waals surface area (Å²) in [5, 5.41) is 9.92. The number of carbonyl (C=O) groups excluding carboxylic acids is 1. The van der Waals surface area contributed by atoms with Crippen LogP contribution in [0.2, 0.25) is 0 Å². The van der Waals surface area contributed by atoms with E-state index >= 15 is 0 Å². The number of rotatable bonds is 5. The standard InChI is InChI=1S/C20H29NO5/c1-24-17-5-3-4-6-18(17)26-15-9-11-21(12-10-15)20(23)14-7-8-16(22)19(13-14)25-2/h3-6,14-16,19,22H,7-13H2,1-2H3/t14-,16+,19-/m1/s1. The molecule has 0 aromatic heterocycles.